The van der Waals surface area contributed by atoms with Crippen molar-refractivity contribution in [3.63, 3.8) is 0 Å². The van der Waals surface area contributed by atoms with Gasteiger partial charge in [0.1, 0.15) is 0 Å². The van der Waals surface area contributed by atoms with Crippen molar-refractivity contribution < 1.29 is 88.2 Å². The van der Waals surface area contributed by atoms with E-state index < -0.39 is 62.0 Å². The summed E-state index contributed by atoms with van der Waals surface area (Å²) in [6.45, 7) is 0. The first-order valence-electron chi connectivity index (χ1n) is 5.93. The first kappa shape index (κ1) is 28.7. The van der Waals surface area contributed by atoms with Crippen molar-refractivity contribution in [3.8, 4) is 0 Å². The lowest BCUT2D eigenvalue weighted by atomic mass is 9.98. The van der Waals surface area contributed by atoms with Gasteiger partial charge in [-0.25, -0.2) is 8.42 Å². The van der Waals surface area contributed by atoms with Gasteiger partial charge in [0.15, 0.2) is 0 Å². The van der Waals surface area contributed by atoms with Gasteiger partial charge in [-0.05, 0) is 0 Å². The fourth-order valence-corrected chi connectivity index (χ4v) is 2.29. The van der Waals surface area contributed by atoms with Gasteiger partial charge in [-0.1, -0.05) is 0 Å². The zero-order valence-corrected chi connectivity index (χ0v) is 13.4. The monoisotopic (exact) mass is 515 g/mol. The highest BCUT2D eigenvalue weighted by atomic mass is 32.2. The number of nitrogens with one attached hydrogen (secondary N) is 1. The summed E-state index contributed by atoms with van der Waals surface area (Å²) in [5, 5.41) is -0.203. The van der Waals surface area contributed by atoms with E-state index in [0.29, 0.717) is 0 Å². The van der Waals surface area contributed by atoms with Crippen molar-refractivity contribution in [2.45, 2.75) is 47.3 Å². The number of hydrogen-bond acceptors (Lipinski definition) is 3. The largest absolute Gasteiger partial charge is 0.465 e. The summed E-state index contributed by atoms with van der Waals surface area (Å²) in [6.07, 6.45) is -14.8. The summed E-state index contributed by atoms with van der Waals surface area (Å²) < 4.78 is 233. The van der Waals surface area contributed by atoms with Crippen molar-refractivity contribution in [1.82, 2.24) is 4.72 Å². The minimum Gasteiger partial charge on any atom is -0.342 e. The molecule has 0 aliphatic heterocycles. The van der Waals surface area contributed by atoms with Gasteiger partial charge in [-0.3, -0.25) is 0 Å². The zero-order chi connectivity index (χ0) is 25.2. The van der Waals surface area contributed by atoms with Crippen LogP contribution in [0, 0.1) is 0 Å². The molecule has 1 atom stereocenters. The molecule has 0 aromatic rings. The molecule has 4 nitrogen and oxygen atoms in total. The molecule has 182 valence electrons. The fourth-order valence-electron chi connectivity index (χ4n) is 1.22. The van der Waals surface area contributed by atoms with Crippen LogP contribution in [-0.4, -0.2) is 60.8 Å². The third-order valence-electron chi connectivity index (χ3n) is 2.89. The lowest BCUT2D eigenvalue weighted by Gasteiger charge is -2.39. The molecule has 0 saturated heterocycles. The van der Waals surface area contributed by atoms with E-state index in [0.717, 1.165) is 0 Å². The normalized spacial score (nSPS) is 18.3. The van der Waals surface area contributed by atoms with Gasteiger partial charge in [0.25, 0.3) is 10.0 Å². The van der Waals surface area contributed by atoms with Crippen LogP contribution in [-0.2, 0) is 10.0 Å². The molecule has 22 heteroatoms. The van der Waals surface area contributed by atoms with E-state index >= 15 is 0 Å². The fraction of sp³-hybridized carbons (Fsp3) is 1.00. The SMILES string of the molecule is O=S(=O)(NC(O)(F)C(F)(F)F)C(F)(F)C(F)(F)C(F)(F)C(F)(F)C(F)(F)C(F)(F)F. The van der Waals surface area contributed by atoms with Crippen LogP contribution < -0.4 is 4.72 Å². The van der Waals surface area contributed by atoms with Gasteiger partial charge < -0.3 is 5.11 Å². The predicted octanol–water partition coefficient (Wildman–Crippen LogP) is 3.78. The van der Waals surface area contributed by atoms with Crippen LogP contribution in [0.3, 0.4) is 0 Å². The van der Waals surface area contributed by atoms with Gasteiger partial charge in [-0.15, -0.1) is 4.72 Å². The molecule has 0 aromatic heterocycles. The summed E-state index contributed by atoms with van der Waals surface area (Å²) >= 11 is 0. The Morgan fingerprint density at radius 1 is 0.500 bits per heavy atom. The Kier molecular flexibility index (Phi) is 6.54. The van der Waals surface area contributed by atoms with E-state index in [1.165, 1.54) is 0 Å². The third kappa shape index (κ3) is 3.84. The third-order valence-corrected chi connectivity index (χ3v) is 4.36. The van der Waals surface area contributed by atoms with E-state index in [2.05, 4.69) is 0 Å². The number of halogens is 17. The molecule has 0 fully saturated rings. The quantitative estimate of drug-likeness (QED) is 0.309. The number of rotatable bonds is 7. The van der Waals surface area contributed by atoms with E-state index in [9.17, 15) is 83.1 Å². The highest BCUT2D eigenvalue weighted by Crippen LogP contribution is 2.61. The molecule has 0 rings (SSSR count). The Morgan fingerprint density at radius 3 is 1.07 bits per heavy atom. The van der Waals surface area contributed by atoms with Crippen molar-refractivity contribution in [3.05, 3.63) is 0 Å². The molecule has 0 radical (unpaired) electrons. The molecular weight excluding hydrogens is 513 g/mol. The van der Waals surface area contributed by atoms with Crippen LogP contribution in [0.15, 0.2) is 0 Å². The second-order valence-corrected chi connectivity index (χ2v) is 6.76. The minimum absolute atomic E-state index is 1.37. The van der Waals surface area contributed by atoms with Crippen molar-refractivity contribution >= 4 is 10.0 Å². The van der Waals surface area contributed by atoms with Crippen molar-refractivity contribution in [2.75, 3.05) is 0 Å². The van der Waals surface area contributed by atoms with E-state index in [1.807, 2.05) is 0 Å². The first-order valence-corrected chi connectivity index (χ1v) is 7.41. The summed E-state index contributed by atoms with van der Waals surface area (Å²) in [5.41, 5.74) is 0. The summed E-state index contributed by atoms with van der Waals surface area (Å²) in [5.74, 6) is -40.6. The van der Waals surface area contributed by atoms with Gasteiger partial charge in [-0.2, -0.15) is 74.6 Å². The predicted molar refractivity (Wildman–Crippen MR) is 55.0 cm³/mol. The van der Waals surface area contributed by atoms with Gasteiger partial charge in [0.2, 0.25) is 0 Å². The Balaban J connectivity index is 6.64. The Hall–Kier alpha value is -1.32. The average molecular weight is 515 g/mol. The maximum Gasteiger partial charge on any atom is 0.465 e. The molecule has 0 amide bonds. The molecule has 0 spiro atoms. The zero-order valence-electron chi connectivity index (χ0n) is 12.6. The Morgan fingerprint density at radius 2 is 0.800 bits per heavy atom. The molecular formula is C8H2F17NO3S. The second kappa shape index (κ2) is 6.84. The highest BCUT2D eigenvalue weighted by molar-refractivity contribution is 7.90. The number of aliphatic hydroxyl groups is 1. The molecule has 30 heavy (non-hydrogen) atoms. The number of hydrogen-bond donors (Lipinski definition) is 2. The van der Waals surface area contributed by atoms with Crippen molar-refractivity contribution in [2.24, 2.45) is 0 Å². The maximum absolute atomic E-state index is 13.2. The van der Waals surface area contributed by atoms with E-state index in [-0.39, 0.29) is 0 Å². The van der Waals surface area contributed by atoms with Crippen molar-refractivity contribution in [1.29, 1.82) is 0 Å². The highest BCUT2D eigenvalue weighted by Gasteiger charge is 2.92. The molecule has 1 unspecified atom stereocenters. The summed E-state index contributed by atoms with van der Waals surface area (Å²) in [6, 6.07) is 0. The molecule has 0 heterocycles. The second-order valence-electron chi connectivity index (χ2n) is 5.04. The van der Waals surface area contributed by atoms with Gasteiger partial charge >= 0.3 is 47.3 Å². The molecule has 0 aromatic carbocycles. The Labute approximate surface area is 151 Å². The molecule has 2 N–H and O–H groups in total. The number of sulfonamides is 1. The minimum atomic E-state index is -8.66. The molecule has 0 saturated carbocycles. The van der Waals surface area contributed by atoms with Gasteiger partial charge in [0, 0.05) is 0 Å². The number of alkyl halides is 17. The Bertz CT molecular complexity index is 748. The molecule has 0 aliphatic rings. The first-order chi connectivity index (χ1) is 12.5. The van der Waals surface area contributed by atoms with Crippen LogP contribution in [0.25, 0.3) is 0 Å². The van der Waals surface area contributed by atoms with Crippen LogP contribution in [0.2, 0.25) is 0 Å². The summed E-state index contributed by atoms with van der Waals surface area (Å²) in [7, 11) is -8.40. The summed E-state index contributed by atoms with van der Waals surface area (Å²) in [4.78, 5) is 0. The van der Waals surface area contributed by atoms with Crippen LogP contribution in [0.5, 0.6) is 0 Å². The van der Waals surface area contributed by atoms with E-state index in [4.69, 9.17) is 5.11 Å². The average Bonchev–Trinajstić information content (AvgIpc) is 2.42. The van der Waals surface area contributed by atoms with Crippen LogP contribution in [0.4, 0.5) is 74.6 Å². The topological polar surface area (TPSA) is 66.4 Å². The van der Waals surface area contributed by atoms with Crippen LogP contribution in [0.1, 0.15) is 0 Å². The molecule has 0 aliphatic carbocycles. The lowest BCUT2D eigenvalue weighted by molar-refractivity contribution is -0.433. The molecule has 0 bridgehead atoms. The van der Waals surface area contributed by atoms with Gasteiger partial charge in [0.05, 0.1) is 0 Å². The van der Waals surface area contributed by atoms with Crippen LogP contribution >= 0.6 is 0 Å². The maximum atomic E-state index is 13.2. The standard InChI is InChI=1S/C8H2F17NO3S/c9-1(10,3(13,14)5(17,18)19)2(11,12)4(15,16)7(23,24)30(28,29)26-8(25,27)6(20,21)22/h26-27H. The van der Waals surface area contributed by atoms with E-state index in [1.54, 1.807) is 0 Å². The lowest BCUT2D eigenvalue weighted by Crippen LogP contribution is -2.72. The smallest absolute Gasteiger partial charge is 0.342 e.